The van der Waals surface area contributed by atoms with Gasteiger partial charge in [-0.05, 0) is 34.7 Å². The highest BCUT2D eigenvalue weighted by atomic mass is 16.8. The lowest BCUT2D eigenvalue weighted by atomic mass is 9.91. The number of carbonyl (C=O) groups is 1. The summed E-state index contributed by atoms with van der Waals surface area (Å²) >= 11 is 0. The molecule has 0 aromatic carbocycles. The molecule has 0 aromatic heterocycles. The van der Waals surface area contributed by atoms with Crippen molar-refractivity contribution in [2.75, 3.05) is 20.2 Å². The zero-order valence-corrected chi connectivity index (χ0v) is 13.7. The number of likely N-dealkylation sites (N-methyl/N-ethyl adjacent to an activating group) is 1. The first kappa shape index (κ1) is 14.8. The molecule has 0 spiro atoms. The van der Waals surface area contributed by atoms with E-state index in [0.29, 0.717) is 13.2 Å². The Balaban J connectivity index is 1.74. The van der Waals surface area contributed by atoms with Crippen molar-refractivity contribution >= 4 is 5.91 Å². The second kappa shape index (κ2) is 4.42. The summed E-state index contributed by atoms with van der Waals surface area (Å²) in [5.41, 5.74) is 0. The lowest BCUT2D eigenvalue weighted by Crippen LogP contribution is -2.71. The molecule has 124 valence electrons. The molecule has 4 aliphatic heterocycles. The summed E-state index contributed by atoms with van der Waals surface area (Å²) in [4.78, 5) is 16.4. The highest BCUT2D eigenvalue weighted by Gasteiger charge is 2.63. The number of amides is 1. The highest BCUT2D eigenvalue weighted by Crippen LogP contribution is 2.45. The van der Waals surface area contributed by atoms with Gasteiger partial charge in [0.1, 0.15) is 24.5 Å². The van der Waals surface area contributed by atoms with Crippen molar-refractivity contribution in [3.05, 3.63) is 0 Å². The minimum Gasteiger partial charge on any atom is -0.348 e. The normalized spacial score (nSPS) is 46.3. The van der Waals surface area contributed by atoms with Gasteiger partial charge in [0.15, 0.2) is 11.6 Å². The SMILES string of the molecule is CN1CC(=O)N2[C@@H]3COC(C)(C)O[C@H]3[C@@H]3OC(C)(C)O[C@@H]3[C@@H]12. The Labute approximate surface area is 130 Å². The van der Waals surface area contributed by atoms with Gasteiger partial charge in [0.2, 0.25) is 5.91 Å². The average Bonchev–Trinajstić information content (AvgIpc) is 2.85. The number of ether oxygens (including phenoxy) is 4. The van der Waals surface area contributed by atoms with Gasteiger partial charge in [0, 0.05) is 0 Å². The molecular weight excluding hydrogens is 288 g/mol. The summed E-state index contributed by atoms with van der Waals surface area (Å²) in [6.07, 6.45) is -0.754. The molecule has 1 amide bonds. The zero-order valence-electron chi connectivity index (χ0n) is 13.7. The Kier molecular flexibility index (Phi) is 2.98. The van der Waals surface area contributed by atoms with Crippen LogP contribution in [0.15, 0.2) is 0 Å². The first-order valence-electron chi connectivity index (χ1n) is 7.87. The van der Waals surface area contributed by atoms with Crippen molar-refractivity contribution in [1.82, 2.24) is 9.80 Å². The van der Waals surface area contributed by atoms with Gasteiger partial charge < -0.3 is 23.8 Å². The van der Waals surface area contributed by atoms with E-state index in [9.17, 15) is 4.79 Å². The fourth-order valence-electron chi connectivity index (χ4n) is 4.19. The number of carbonyl (C=O) groups excluding carboxylic acids is 1. The van der Waals surface area contributed by atoms with Gasteiger partial charge in [-0.25, -0.2) is 0 Å². The van der Waals surface area contributed by atoms with Crippen LogP contribution in [0.5, 0.6) is 0 Å². The molecule has 0 aliphatic carbocycles. The van der Waals surface area contributed by atoms with Crippen LogP contribution in [-0.4, -0.2) is 78.0 Å². The second-order valence-electron chi connectivity index (χ2n) is 7.56. The molecule has 5 atom stereocenters. The number of rotatable bonds is 0. The van der Waals surface area contributed by atoms with Gasteiger partial charge in [-0.1, -0.05) is 0 Å². The summed E-state index contributed by atoms with van der Waals surface area (Å²) in [6.45, 7) is 8.45. The van der Waals surface area contributed by atoms with Crippen molar-refractivity contribution < 1.29 is 23.7 Å². The minimum absolute atomic E-state index is 0.0983. The molecule has 7 nitrogen and oxygen atoms in total. The lowest BCUT2D eigenvalue weighted by molar-refractivity contribution is -0.323. The summed E-state index contributed by atoms with van der Waals surface area (Å²) < 4.78 is 24.2. The third-order valence-corrected chi connectivity index (χ3v) is 4.95. The van der Waals surface area contributed by atoms with Gasteiger partial charge >= 0.3 is 0 Å². The van der Waals surface area contributed by atoms with E-state index >= 15 is 0 Å². The molecule has 0 radical (unpaired) electrons. The molecule has 4 heterocycles. The van der Waals surface area contributed by atoms with Crippen LogP contribution in [0, 0.1) is 0 Å². The quantitative estimate of drug-likeness (QED) is 0.634. The van der Waals surface area contributed by atoms with Crippen LogP contribution in [0.4, 0.5) is 0 Å². The maximum atomic E-state index is 12.5. The second-order valence-corrected chi connectivity index (χ2v) is 7.56. The van der Waals surface area contributed by atoms with Gasteiger partial charge in [0.05, 0.1) is 19.2 Å². The number of hydrogen-bond donors (Lipinski definition) is 0. The number of piperidine rings is 1. The third-order valence-electron chi connectivity index (χ3n) is 4.95. The predicted octanol–water partition coefficient (Wildman–Crippen LogP) is 0.140. The third kappa shape index (κ3) is 2.03. The van der Waals surface area contributed by atoms with Crippen molar-refractivity contribution in [2.45, 2.75) is 69.8 Å². The van der Waals surface area contributed by atoms with Gasteiger partial charge in [0.25, 0.3) is 0 Å². The average molecular weight is 312 g/mol. The molecule has 4 aliphatic rings. The maximum Gasteiger partial charge on any atom is 0.238 e. The monoisotopic (exact) mass is 312 g/mol. The van der Waals surface area contributed by atoms with Crippen molar-refractivity contribution in [3.8, 4) is 0 Å². The standard InChI is InChI=1S/C15H24N2O5/c1-14(2)19-7-8-10(20-14)11-12(22-15(3,4)21-11)13-16(5)6-9(18)17(8)13/h8,10-13H,6-7H2,1-5H3/t8-,10-,11+,12+,13+/m1/s1. The summed E-state index contributed by atoms with van der Waals surface area (Å²) in [5.74, 6) is -1.25. The van der Waals surface area contributed by atoms with Crippen LogP contribution in [0.1, 0.15) is 27.7 Å². The van der Waals surface area contributed by atoms with E-state index in [1.54, 1.807) is 0 Å². The number of fused-ring (bicyclic) bond motifs is 6. The van der Waals surface area contributed by atoms with Crippen LogP contribution in [0.2, 0.25) is 0 Å². The minimum atomic E-state index is -0.677. The molecule has 22 heavy (non-hydrogen) atoms. The van der Waals surface area contributed by atoms with E-state index in [4.69, 9.17) is 18.9 Å². The maximum absolute atomic E-state index is 12.5. The van der Waals surface area contributed by atoms with Gasteiger partial charge in [-0.3, -0.25) is 9.69 Å². The van der Waals surface area contributed by atoms with E-state index in [2.05, 4.69) is 0 Å². The van der Waals surface area contributed by atoms with E-state index in [0.717, 1.165) is 0 Å². The van der Waals surface area contributed by atoms with Crippen LogP contribution in [0.25, 0.3) is 0 Å². The van der Waals surface area contributed by atoms with Crippen LogP contribution >= 0.6 is 0 Å². The van der Waals surface area contributed by atoms with E-state index in [-0.39, 0.29) is 36.4 Å². The Bertz CT molecular complexity index is 508. The molecule has 4 rings (SSSR count). The van der Waals surface area contributed by atoms with Crippen LogP contribution in [0.3, 0.4) is 0 Å². The van der Waals surface area contributed by atoms with Crippen molar-refractivity contribution in [1.29, 1.82) is 0 Å². The van der Waals surface area contributed by atoms with Gasteiger partial charge in [-0.15, -0.1) is 0 Å². The molecule has 0 unspecified atom stereocenters. The fraction of sp³-hybridized carbons (Fsp3) is 0.933. The topological polar surface area (TPSA) is 60.5 Å². The highest BCUT2D eigenvalue weighted by molar-refractivity contribution is 5.81. The zero-order chi connectivity index (χ0) is 15.9. The van der Waals surface area contributed by atoms with E-state index < -0.39 is 11.6 Å². The lowest BCUT2D eigenvalue weighted by Gasteiger charge is -2.52. The molecule has 0 bridgehead atoms. The van der Waals surface area contributed by atoms with Gasteiger partial charge in [-0.2, -0.15) is 0 Å². The molecular formula is C15H24N2O5. The fourth-order valence-corrected chi connectivity index (χ4v) is 4.19. The van der Waals surface area contributed by atoms with Crippen LogP contribution in [-0.2, 0) is 23.7 Å². The Morgan fingerprint density at radius 3 is 2.36 bits per heavy atom. The Morgan fingerprint density at radius 2 is 1.64 bits per heavy atom. The van der Waals surface area contributed by atoms with E-state index in [1.807, 2.05) is 44.5 Å². The summed E-state index contributed by atoms with van der Waals surface area (Å²) in [6, 6.07) is -0.130. The summed E-state index contributed by atoms with van der Waals surface area (Å²) in [7, 11) is 1.95. The van der Waals surface area contributed by atoms with Crippen molar-refractivity contribution in [3.63, 3.8) is 0 Å². The first-order chi connectivity index (χ1) is 10.2. The molecule has 7 heteroatoms. The van der Waals surface area contributed by atoms with Crippen LogP contribution < -0.4 is 0 Å². The molecule has 0 aromatic rings. The predicted molar refractivity (Wildman–Crippen MR) is 75.8 cm³/mol. The molecule has 0 N–H and O–H groups in total. The molecule has 0 saturated carbocycles. The van der Waals surface area contributed by atoms with E-state index in [1.165, 1.54) is 0 Å². The smallest absolute Gasteiger partial charge is 0.238 e. The largest absolute Gasteiger partial charge is 0.348 e. The Hall–Kier alpha value is -0.730. The molecule has 4 fully saturated rings. The number of nitrogens with zero attached hydrogens (tertiary/aromatic N) is 2. The molecule has 4 saturated heterocycles. The summed E-state index contributed by atoms with van der Waals surface area (Å²) in [5, 5.41) is 0. The number of hydrogen-bond acceptors (Lipinski definition) is 6. The Morgan fingerprint density at radius 1 is 1.00 bits per heavy atom. The van der Waals surface area contributed by atoms with Crippen molar-refractivity contribution in [2.24, 2.45) is 0 Å². The first-order valence-corrected chi connectivity index (χ1v) is 7.87.